The van der Waals surface area contributed by atoms with Crippen LogP contribution in [0.25, 0.3) is 0 Å². The Bertz CT molecular complexity index is 595. The van der Waals surface area contributed by atoms with Gasteiger partial charge in [-0.3, -0.25) is 0 Å². The minimum absolute atomic E-state index is 0.420. The normalized spacial score (nSPS) is 10.1. The fraction of sp³-hybridized carbons (Fsp3) is 0.267. The first kappa shape index (κ1) is 15.3. The van der Waals surface area contributed by atoms with E-state index in [2.05, 4.69) is 10.3 Å². The zero-order valence-corrected chi connectivity index (χ0v) is 12.9. The number of methoxy groups -OCH3 is 3. The van der Waals surface area contributed by atoms with Gasteiger partial charge in [0.25, 0.3) is 0 Å². The predicted molar refractivity (Wildman–Crippen MR) is 82.7 cm³/mol. The highest BCUT2D eigenvalue weighted by Gasteiger charge is 2.13. The lowest BCUT2D eigenvalue weighted by Crippen LogP contribution is -2.05. The number of benzene rings is 1. The molecule has 0 bridgehead atoms. The van der Waals surface area contributed by atoms with E-state index in [1.165, 1.54) is 0 Å². The largest absolute Gasteiger partial charge is 0.496 e. The molecule has 0 aliphatic carbocycles. The van der Waals surface area contributed by atoms with Gasteiger partial charge in [-0.05, 0) is 12.1 Å². The molecule has 0 saturated carbocycles. The lowest BCUT2D eigenvalue weighted by atomic mass is 10.1. The highest BCUT2D eigenvalue weighted by molar-refractivity contribution is 6.31. The summed E-state index contributed by atoms with van der Waals surface area (Å²) in [4.78, 5) is 4.02. The summed E-state index contributed by atoms with van der Waals surface area (Å²) < 4.78 is 16.0. The van der Waals surface area contributed by atoms with Crippen molar-refractivity contribution in [3.8, 4) is 17.2 Å². The van der Waals surface area contributed by atoms with Crippen LogP contribution in [-0.4, -0.2) is 26.3 Å². The summed E-state index contributed by atoms with van der Waals surface area (Å²) in [6.45, 7) is 0.488. The van der Waals surface area contributed by atoms with Crippen LogP contribution in [0, 0.1) is 0 Å². The highest BCUT2D eigenvalue weighted by atomic mass is 35.5. The summed E-state index contributed by atoms with van der Waals surface area (Å²) in [7, 11) is 4.81. The van der Waals surface area contributed by atoms with Crippen LogP contribution in [-0.2, 0) is 6.54 Å². The van der Waals surface area contributed by atoms with Gasteiger partial charge in [0.1, 0.15) is 17.2 Å². The number of nitrogens with zero attached hydrogens (tertiary/aromatic N) is 1. The second-order valence-corrected chi connectivity index (χ2v) is 4.56. The van der Waals surface area contributed by atoms with E-state index in [9.17, 15) is 0 Å². The van der Waals surface area contributed by atoms with Gasteiger partial charge >= 0.3 is 0 Å². The molecule has 0 atom stereocenters. The van der Waals surface area contributed by atoms with Crippen molar-refractivity contribution in [2.45, 2.75) is 6.54 Å². The summed E-state index contributed by atoms with van der Waals surface area (Å²) in [5.74, 6) is 2.03. The molecular formula is C15H17ClN2O3. The van der Waals surface area contributed by atoms with Crippen molar-refractivity contribution < 1.29 is 14.2 Å². The van der Waals surface area contributed by atoms with Crippen LogP contribution in [0.1, 0.15) is 5.56 Å². The van der Waals surface area contributed by atoms with Crippen molar-refractivity contribution in [3.05, 3.63) is 41.2 Å². The van der Waals surface area contributed by atoms with Gasteiger partial charge in [-0.2, -0.15) is 0 Å². The molecule has 5 nitrogen and oxygen atoms in total. The molecule has 0 fully saturated rings. The third-order valence-corrected chi connectivity index (χ3v) is 3.33. The topological polar surface area (TPSA) is 52.6 Å². The molecule has 2 aromatic rings. The highest BCUT2D eigenvalue weighted by Crippen LogP contribution is 2.34. The Labute approximate surface area is 128 Å². The van der Waals surface area contributed by atoms with E-state index < -0.39 is 0 Å². The third kappa shape index (κ3) is 3.49. The third-order valence-electron chi connectivity index (χ3n) is 3.03. The van der Waals surface area contributed by atoms with E-state index >= 15 is 0 Å². The first-order valence-electron chi connectivity index (χ1n) is 6.33. The van der Waals surface area contributed by atoms with Gasteiger partial charge < -0.3 is 19.5 Å². The predicted octanol–water partition coefficient (Wildman–Crippen LogP) is 3.37. The van der Waals surface area contributed by atoms with E-state index in [1.807, 2.05) is 24.3 Å². The number of aromatic nitrogens is 1. The molecule has 6 heteroatoms. The van der Waals surface area contributed by atoms with Crippen LogP contribution in [0.5, 0.6) is 17.2 Å². The maximum Gasteiger partial charge on any atom is 0.152 e. The maximum absolute atomic E-state index is 6.03. The zero-order valence-electron chi connectivity index (χ0n) is 12.1. The first-order valence-corrected chi connectivity index (χ1v) is 6.70. The van der Waals surface area contributed by atoms with Crippen LogP contribution in [0.2, 0.25) is 5.15 Å². The summed E-state index contributed by atoms with van der Waals surface area (Å²) >= 11 is 6.03. The lowest BCUT2D eigenvalue weighted by molar-refractivity contribution is 0.369. The van der Waals surface area contributed by atoms with Crippen LogP contribution >= 0.6 is 11.6 Å². The molecule has 21 heavy (non-hydrogen) atoms. The van der Waals surface area contributed by atoms with Crippen LogP contribution in [0.15, 0.2) is 30.5 Å². The van der Waals surface area contributed by atoms with Crippen molar-refractivity contribution in [2.75, 3.05) is 26.6 Å². The zero-order chi connectivity index (χ0) is 15.2. The molecule has 0 aliphatic rings. The van der Waals surface area contributed by atoms with Gasteiger partial charge in [0.2, 0.25) is 0 Å². The van der Waals surface area contributed by atoms with Gasteiger partial charge in [-0.15, -0.1) is 0 Å². The summed E-state index contributed by atoms with van der Waals surface area (Å²) in [6, 6.07) is 7.29. The molecule has 2 rings (SSSR count). The molecular weight excluding hydrogens is 292 g/mol. The Kier molecular flexibility index (Phi) is 5.11. The number of nitrogens with one attached hydrogen (secondary N) is 1. The van der Waals surface area contributed by atoms with E-state index in [4.69, 9.17) is 25.8 Å². The molecule has 0 unspecified atom stereocenters. The Morgan fingerprint density at radius 2 is 1.76 bits per heavy atom. The van der Waals surface area contributed by atoms with Gasteiger partial charge in [0, 0.05) is 24.9 Å². The maximum atomic E-state index is 6.03. The number of anilines is 1. The minimum atomic E-state index is 0.420. The molecule has 0 saturated heterocycles. The van der Waals surface area contributed by atoms with Gasteiger partial charge in [0.05, 0.1) is 32.6 Å². The van der Waals surface area contributed by atoms with E-state index in [1.54, 1.807) is 27.5 Å². The molecule has 0 spiro atoms. The molecule has 1 heterocycles. The van der Waals surface area contributed by atoms with Crippen LogP contribution in [0.3, 0.4) is 0 Å². The molecule has 1 aromatic carbocycles. The fourth-order valence-electron chi connectivity index (χ4n) is 1.95. The fourth-order valence-corrected chi connectivity index (χ4v) is 2.14. The Morgan fingerprint density at radius 3 is 2.29 bits per heavy atom. The first-order chi connectivity index (χ1) is 10.2. The molecule has 112 valence electrons. The molecule has 1 N–H and O–H groups in total. The summed E-state index contributed by atoms with van der Waals surface area (Å²) in [5, 5.41) is 3.64. The second kappa shape index (κ2) is 7.04. The van der Waals surface area contributed by atoms with Crippen LogP contribution in [0.4, 0.5) is 5.69 Å². The second-order valence-electron chi connectivity index (χ2n) is 4.21. The summed E-state index contributed by atoms with van der Waals surface area (Å²) in [5.41, 5.74) is 1.62. The quantitative estimate of drug-likeness (QED) is 0.829. The number of halogens is 1. The average molecular weight is 309 g/mol. The summed E-state index contributed by atoms with van der Waals surface area (Å²) in [6.07, 6.45) is 1.64. The van der Waals surface area contributed by atoms with Crippen molar-refractivity contribution >= 4 is 17.3 Å². The number of ether oxygens (including phenoxy) is 3. The van der Waals surface area contributed by atoms with E-state index in [0.29, 0.717) is 28.9 Å². The Balaban J connectivity index is 2.28. The van der Waals surface area contributed by atoms with Crippen molar-refractivity contribution in [2.24, 2.45) is 0 Å². The number of hydrogen-bond acceptors (Lipinski definition) is 5. The molecule has 0 aliphatic heterocycles. The molecule has 1 aromatic heterocycles. The molecule has 0 radical (unpaired) electrons. The van der Waals surface area contributed by atoms with E-state index in [0.717, 1.165) is 11.3 Å². The molecule has 0 amide bonds. The van der Waals surface area contributed by atoms with Gasteiger partial charge in [-0.25, -0.2) is 4.98 Å². The van der Waals surface area contributed by atoms with Crippen molar-refractivity contribution in [1.29, 1.82) is 0 Å². The number of pyridine rings is 1. The van der Waals surface area contributed by atoms with E-state index in [-0.39, 0.29) is 0 Å². The monoisotopic (exact) mass is 308 g/mol. The Morgan fingerprint density at radius 1 is 1.10 bits per heavy atom. The van der Waals surface area contributed by atoms with Crippen LogP contribution < -0.4 is 19.5 Å². The lowest BCUT2D eigenvalue weighted by Gasteiger charge is -2.16. The van der Waals surface area contributed by atoms with Crippen molar-refractivity contribution in [1.82, 2.24) is 4.98 Å². The minimum Gasteiger partial charge on any atom is -0.496 e. The van der Waals surface area contributed by atoms with Gasteiger partial charge in [0.15, 0.2) is 5.15 Å². The average Bonchev–Trinajstić information content (AvgIpc) is 2.53. The Hall–Kier alpha value is -2.14. The smallest absolute Gasteiger partial charge is 0.152 e. The number of hydrogen-bond donors (Lipinski definition) is 1. The number of rotatable bonds is 6. The standard InChI is InChI=1S/C15H17ClN2O3/c1-19-10-7-13(20-2)11(14(8-10)21-3)9-18-12-5-4-6-17-15(12)16/h4-8,18H,9H2,1-3H3. The van der Waals surface area contributed by atoms with Crippen molar-refractivity contribution in [3.63, 3.8) is 0 Å². The van der Waals surface area contributed by atoms with Gasteiger partial charge in [-0.1, -0.05) is 11.6 Å². The SMILES string of the molecule is COc1cc(OC)c(CNc2cccnc2Cl)c(OC)c1.